The number of aliphatic hydroxyl groups excluding tert-OH is 3. The van der Waals surface area contributed by atoms with E-state index in [4.69, 9.17) is 21.1 Å². The molecule has 0 aromatic heterocycles. The van der Waals surface area contributed by atoms with Gasteiger partial charge in [-0.2, -0.15) is 0 Å². The summed E-state index contributed by atoms with van der Waals surface area (Å²) >= 11 is 5.95. The molecule has 25 heavy (non-hydrogen) atoms. The Morgan fingerprint density at radius 2 is 2.12 bits per heavy atom. The molecule has 10 nitrogen and oxygen atoms in total. The van der Waals surface area contributed by atoms with Gasteiger partial charge in [-0.15, -0.1) is 0 Å². The molecule has 1 saturated heterocycles. The first-order valence-electron chi connectivity index (χ1n) is 7.24. The number of nitrogens with zero attached hydrogens (tertiary/aromatic N) is 1. The van der Waals surface area contributed by atoms with Gasteiger partial charge in [-0.25, -0.2) is 0 Å². The molecule has 1 aromatic carbocycles. The monoisotopic (exact) mass is 376 g/mol. The predicted molar refractivity (Wildman–Crippen MR) is 84.1 cm³/mol. The Balaban J connectivity index is 2.26. The van der Waals surface area contributed by atoms with Gasteiger partial charge in [-0.05, 0) is 6.07 Å². The Kier molecular flexibility index (Phi) is 6.14. The number of aliphatic hydroxyl groups is 3. The van der Waals surface area contributed by atoms with E-state index in [0.29, 0.717) is 0 Å². The van der Waals surface area contributed by atoms with Crippen molar-refractivity contribution in [3.8, 4) is 5.75 Å². The summed E-state index contributed by atoms with van der Waals surface area (Å²) in [6.07, 6.45) is -5.37. The van der Waals surface area contributed by atoms with E-state index in [1.165, 1.54) is 13.0 Å². The Labute approximate surface area is 147 Å². The molecule has 2 rings (SSSR count). The lowest BCUT2D eigenvalue weighted by atomic mass is 9.97. The molecule has 0 spiro atoms. The van der Waals surface area contributed by atoms with E-state index in [9.17, 15) is 30.2 Å². The maximum atomic E-state index is 11.3. The summed E-state index contributed by atoms with van der Waals surface area (Å²) in [6.45, 7) is 0.603. The summed E-state index contributed by atoms with van der Waals surface area (Å²) in [5.74, 6) is -0.501. The first-order valence-corrected chi connectivity index (χ1v) is 7.62. The number of halogens is 1. The topological polar surface area (TPSA) is 151 Å². The van der Waals surface area contributed by atoms with Gasteiger partial charge in [0.25, 0.3) is 5.69 Å². The predicted octanol–water partition coefficient (Wildman–Crippen LogP) is -0.429. The van der Waals surface area contributed by atoms with E-state index in [0.717, 1.165) is 12.1 Å². The number of hydrogen-bond donors (Lipinski definition) is 4. The van der Waals surface area contributed by atoms with E-state index in [2.05, 4.69) is 5.32 Å². The number of carbonyl (C=O) groups excluding carboxylic acids is 1. The maximum Gasteiger partial charge on any atom is 0.271 e. The summed E-state index contributed by atoms with van der Waals surface area (Å²) < 4.78 is 10.9. The van der Waals surface area contributed by atoms with Crippen LogP contribution in [0.4, 0.5) is 5.69 Å². The number of ether oxygens (including phenoxy) is 2. The van der Waals surface area contributed by atoms with Crippen molar-refractivity contribution < 1.29 is 34.5 Å². The fraction of sp³-hybridized carbons (Fsp3) is 0.500. The molecule has 1 fully saturated rings. The minimum atomic E-state index is -1.48. The first kappa shape index (κ1) is 19.3. The van der Waals surface area contributed by atoms with Gasteiger partial charge in [-0.1, -0.05) is 11.6 Å². The van der Waals surface area contributed by atoms with Gasteiger partial charge in [0, 0.05) is 19.1 Å². The number of nitro groups is 1. The SMILES string of the molecule is CC(=O)N[C@@H]1C(Oc2ccc([N+](=O)[O-])cc2Cl)OC(CO)C(O)C1O. The Bertz CT molecular complexity index is 658. The molecular weight excluding hydrogens is 360 g/mol. The lowest BCUT2D eigenvalue weighted by molar-refractivity contribution is -0.384. The van der Waals surface area contributed by atoms with Gasteiger partial charge in [-0.3, -0.25) is 14.9 Å². The average molecular weight is 377 g/mol. The van der Waals surface area contributed by atoms with Crippen molar-refractivity contribution in [3.63, 3.8) is 0 Å². The third-order valence-electron chi connectivity index (χ3n) is 3.62. The highest BCUT2D eigenvalue weighted by Crippen LogP contribution is 2.32. The molecule has 0 bridgehead atoms. The Morgan fingerprint density at radius 3 is 2.64 bits per heavy atom. The second-order valence-corrected chi connectivity index (χ2v) is 5.83. The van der Waals surface area contributed by atoms with Gasteiger partial charge in [0.05, 0.1) is 16.6 Å². The van der Waals surface area contributed by atoms with E-state index < -0.39 is 48.1 Å². The van der Waals surface area contributed by atoms with Crippen LogP contribution in [-0.4, -0.2) is 63.4 Å². The van der Waals surface area contributed by atoms with Crippen LogP contribution in [0.15, 0.2) is 18.2 Å². The zero-order chi connectivity index (χ0) is 18.7. The third kappa shape index (κ3) is 4.35. The van der Waals surface area contributed by atoms with Gasteiger partial charge < -0.3 is 30.1 Å². The van der Waals surface area contributed by atoms with Gasteiger partial charge in [0.1, 0.15) is 30.1 Å². The zero-order valence-electron chi connectivity index (χ0n) is 13.0. The minimum Gasteiger partial charge on any atom is -0.461 e. The van der Waals surface area contributed by atoms with Crippen LogP contribution in [0.2, 0.25) is 5.02 Å². The summed E-state index contributed by atoms with van der Waals surface area (Å²) in [5.41, 5.74) is -0.246. The Morgan fingerprint density at radius 1 is 1.44 bits per heavy atom. The number of non-ortho nitro benzene ring substituents is 1. The van der Waals surface area contributed by atoms with Crippen LogP contribution < -0.4 is 10.1 Å². The van der Waals surface area contributed by atoms with E-state index in [1.807, 2.05) is 0 Å². The van der Waals surface area contributed by atoms with Crippen molar-refractivity contribution in [1.29, 1.82) is 0 Å². The van der Waals surface area contributed by atoms with E-state index in [1.54, 1.807) is 0 Å². The number of benzene rings is 1. The molecular formula is C14H17ClN2O8. The normalized spacial score (nSPS) is 29.1. The molecule has 4 N–H and O–H groups in total. The molecule has 1 heterocycles. The molecule has 1 amide bonds. The number of amides is 1. The number of nitro benzene ring substituents is 1. The van der Waals surface area contributed by atoms with E-state index >= 15 is 0 Å². The zero-order valence-corrected chi connectivity index (χ0v) is 13.8. The number of rotatable bonds is 5. The fourth-order valence-corrected chi connectivity index (χ4v) is 2.61. The van der Waals surface area contributed by atoms with Crippen molar-refractivity contribution in [2.75, 3.05) is 6.61 Å². The molecule has 0 saturated carbocycles. The molecule has 0 aliphatic carbocycles. The largest absolute Gasteiger partial charge is 0.461 e. The summed E-state index contributed by atoms with van der Waals surface area (Å²) in [6, 6.07) is 2.32. The molecule has 1 aliphatic heterocycles. The minimum absolute atomic E-state index is 0.00731. The van der Waals surface area contributed by atoms with Crippen LogP contribution in [-0.2, 0) is 9.53 Å². The molecule has 1 aliphatic rings. The molecule has 0 radical (unpaired) electrons. The molecule has 5 atom stereocenters. The van der Waals surface area contributed by atoms with Crippen LogP contribution >= 0.6 is 11.6 Å². The van der Waals surface area contributed by atoms with Crippen molar-refractivity contribution in [1.82, 2.24) is 5.32 Å². The van der Waals surface area contributed by atoms with Crippen LogP contribution in [0.3, 0.4) is 0 Å². The Hall–Kier alpha value is -1.98. The van der Waals surface area contributed by atoms with Crippen molar-refractivity contribution in [3.05, 3.63) is 33.3 Å². The maximum absolute atomic E-state index is 11.3. The van der Waals surface area contributed by atoms with Crippen molar-refractivity contribution in [2.24, 2.45) is 0 Å². The molecule has 138 valence electrons. The van der Waals surface area contributed by atoms with Crippen molar-refractivity contribution in [2.45, 2.75) is 37.6 Å². The standard InChI is InChI=1S/C14H17ClN2O8/c1-6(19)16-11-13(21)12(20)10(5-18)25-14(11)24-9-3-2-7(17(22)23)4-8(9)15/h2-4,10-14,18,20-21H,5H2,1H3,(H,16,19)/t10?,11-,12?,13?,14?/m0/s1. The van der Waals surface area contributed by atoms with E-state index in [-0.39, 0.29) is 16.5 Å². The number of hydrogen-bond acceptors (Lipinski definition) is 8. The lowest BCUT2D eigenvalue weighted by Crippen LogP contribution is -2.65. The molecule has 11 heteroatoms. The van der Waals surface area contributed by atoms with Gasteiger partial charge in [0.2, 0.25) is 12.2 Å². The van der Waals surface area contributed by atoms with Crippen LogP contribution in [0, 0.1) is 10.1 Å². The number of carbonyl (C=O) groups is 1. The fourth-order valence-electron chi connectivity index (χ4n) is 2.40. The third-order valence-corrected chi connectivity index (χ3v) is 3.92. The lowest BCUT2D eigenvalue weighted by Gasteiger charge is -2.42. The van der Waals surface area contributed by atoms with Gasteiger partial charge >= 0.3 is 0 Å². The summed E-state index contributed by atoms with van der Waals surface area (Å²) in [4.78, 5) is 21.4. The highest BCUT2D eigenvalue weighted by atomic mass is 35.5. The second kappa shape index (κ2) is 7.93. The first-order chi connectivity index (χ1) is 11.7. The number of nitrogens with one attached hydrogen (secondary N) is 1. The summed E-state index contributed by atoms with van der Waals surface area (Å²) in [7, 11) is 0. The molecule has 1 aromatic rings. The van der Waals surface area contributed by atoms with Crippen LogP contribution in [0.5, 0.6) is 5.75 Å². The van der Waals surface area contributed by atoms with Crippen molar-refractivity contribution >= 4 is 23.2 Å². The highest BCUT2D eigenvalue weighted by Gasteiger charge is 2.46. The second-order valence-electron chi connectivity index (χ2n) is 5.42. The van der Waals surface area contributed by atoms with Crippen LogP contribution in [0.1, 0.15) is 6.92 Å². The average Bonchev–Trinajstić information content (AvgIpc) is 2.55. The van der Waals surface area contributed by atoms with Gasteiger partial charge in [0.15, 0.2) is 0 Å². The quantitative estimate of drug-likeness (QED) is 0.399. The highest BCUT2D eigenvalue weighted by molar-refractivity contribution is 6.32. The molecule has 4 unspecified atom stereocenters. The van der Waals surface area contributed by atoms with Crippen LogP contribution in [0.25, 0.3) is 0 Å². The summed E-state index contributed by atoms with van der Waals surface area (Å²) in [5, 5.41) is 42.4. The smallest absolute Gasteiger partial charge is 0.271 e.